The van der Waals surface area contributed by atoms with E-state index in [4.69, 9.17) is 0 Å². The van der Waals surface area contributed by atoms with Gasteiger partial charge in [0, 0.05) is 33.4 Å². The number of hydrogen-bond donors (Lipinski definition) is 0. The van der Waals surface area contributed by atoms with E-state index in [9.17, 15) is 0 Å². The standard InChI is InChI=1S/C36H12I6S6/c37-28-29(38)44-34(43-28)22-16-10-4-1-7-13(16)19-25(22)20-15-9-3-6-12-18(15)24(36-47-32(41)33(42)48-36)27(20)21-14-8-2-5-11-17(14)23(26(19)21)35-45-30(39)31(40)46-35/h1-12H. The molecule has 234 valence electrons. The molecule has 3 aliphatic heterocycles. The maximum Gasteiger partial charge on any atom is 0.0713 e. The maximum absolute atomic E-state index is 2.53. The van der Waals surface area contributed by atoms with Crippen LogP contribution in [-0.4, -0.2) is 0 Å². The highest BCUT2D eigenvalue weighted by molar-refractivity contribution is 14.1. The molecule has 0 unspecified atom stereocenters. The van der Waals surface area contributed by atoms with Crippen molar-refractivity contribution >= 4 is 223 Å². The molecule has 0 saturated carbocycles. The Hall–Kier alpha value is 1.80. The Labute approximate surface area is 385 Å². The number of thioether (sulfide) groups is 6. The smallest absolute Gasteiger partial charge is 0.0713 e. The first kappa shape index (κ1) is 34.3. The second-order valence-electron chi connectivity index (χ2n) is 11.1. The summed E-state index contributed by atoms with van der Waals surface area (Å²) < 4.78 is 12.4. The van der Waals surface area contributed by atoms with Gasteiger partial charge in [-0.05, 0) is 186 Å². The van der Waals surface area contributed by atoms with Gasteiger partial charge in [-0.25, -0.2) is 0 Å². The third-order valence-electron chi connectivity index (χ3n) is 8.82. The summed E-state index contributed by atoms with van der Waals surface area (Å²) in [6.07, 6.45) is 0. The van der Waals surface area contributed by atoms with E-state index in [0.29, 0.717) is 0 Å². The zero-order valence-corrected chi connectivity index (χ0v) is 41.5. The number of rotatable bonds is 0. The molecule has 0 atom stereocenters. The van der Waals surface area contributed by atoms with Gasteiger partial charge in [0.15, 0.2) is 0 Å². The van der Waals surface area contributed by atoms with Crippen molar-refractivity contribution in [3.63, 3.8) is 0 Å². The first-order valence-electron chi connectivity index (χ1n) is 14.3. The molecule has 4 aromatic carbocycles. The van der Waals surface area contributed by atoms with Crippen molar-refractivity contribution < 1.29 is 0 Å². The van der Waals surface area contributed by atoms with Crippen LogP contribution in [0, 0.1) is 0 Å². The molecule has 0 fully saturated rings. The third kappa shape index (κ3) is 5.13. The summed E-state index contributed by atoms with van der Waals surface area (Å²) >= 11 is 26.9. The SMILES string of the molecule is IC1=C(I)SC(=C2c3ccccc3-c3c2c2c(c4c3C(=C3SC(I)=C(I)S3)c3ccccc3-4)C(=C3SC(I)=C(I)S3)c3ccccc3-2)S1. The highest BCUT2D eigenvalue weighted by atomic mass is 127. The number of hydrogen-bond acceptors (Lipinski definition) is 6. The summed E-state index contributed by atoms with van der Waals surface area (Å²) in [6, 6.07) is 27.6. The maximum atomic E-state index is 2.53. The largest absolute Gasteiger partial charge is 0.0737 e. The minimum atomic E-state index is 1.36. The zero-order chi connectivity index (χ0) is 32.6. The minimum Gasteiger partial charge on any atom is -0.0737 e. The molecule has 48 heavy (non-hydrogen) atoms. The van der Waals surface area contributed by atoms with Crippen LogP contribution in [0.2, 0.25) is 0 Å². The lowest BCUT2D eigenvalue weighted by Gasteiger charge is -2.20. The fourth-order valence-corrected chi connectivity index (χ4v) is 21.9. The Morgan fingerprint density at radius 3 is 0.708 bits per heavy atom. The topological polar surface area (TPSA) is 0 Å². The lowest BCUT2D eigenvalue weighted by Crippen LogP contribution is -1.98. The highest BCUT2D eigenvalue weighted by Gasteiger charge is 2.45. The Balaban J connectivity index is 1.43. The first-order chi connectivity index (χ1) is 23.3. The van der Waals surface area contributed by atoms with Crippen molar-refractivity contribution in [3.05, 3.63) is 136 Å². The molecule has 0 spiro atoms. The summed E-state index contributed by atoms with van der Waals surface area (Å²) in [7, 11) is 0. The Kier molecular flexibility index (Phi) is 9.46. The minimum absolute atomic E-state index is 1.36. The average Bonchev–Trinajstić information content (AvgIpc) is 3.91. The molecule has 12 heteroatoms. The molecule has 0 nitrogen and oxygen atoms in total. The van der Waals surface area contributed by atoms with Gasteiger partial charge in [-0.2, -0.15) is 0 Å². The molecule has 0 bridgehead atoms. The van der Waals surface area contributed by atoms with Crippen molar-refractivity contribution in [3.8, 4) is 33.4 Å². The lowest BCUT2D eigenvalue weighted by molar-refractivity contribution is 1.58. The molecule has 3 aliphatic carbocycles. The predicted molar refractivity (Wildman–Crippen MR) is 272 cm³/mol. The Morgan fingerprint density at radius 2 is 0.479 bits per heavy atom. The van der Waals surface area contributed by atoms with Crippen LogP contribution in [0.5, 0.6) is 0 Å². The Bertz CT molecular complexity index is 2130. The van der Waals surface area contributed by atoms with Crippen molar-refractivity contribution in [2.45, 2.75) is 0 Å². The molecule has 10 rings (SSSR count). The second-order valence-corrected chi connectivity index (χ2v) is 28.9. The summed E-state index contributed by atoms with van der Waals surface area (Å²) in [5, 5.41) is 0. The van der Waals surface area contributed by atoms with E-state index in [1.165, 1.54) is 114 Å². The lowest BCUT2D eigenvalue weighted by atomic mass is 9.84. The van der Waals surface area contributed by atoms with Crippen molar-refractivity contribution in [2.24, 2.45) is 0 Å². The number of fused-ring (bicyclic) bond motifs is 12. The number of benzene rings is 4. The summed E-state index contributed by atoms with van der Waals surface area (Å²) in [4.78, 5) is 0. The van der Waals surface area contributed by atoms with Gasteiger partial charge < -0.3 is 0 Å². The third-order valence-corrected chi connectivity index (χ3v) is 27.8. The second kappa shape index (κ2) is 13.2. The van der Waals surface area contributed by atoms with Crippen LogP contribution >= 0.6 is 206 Å². The van der Waals surface area contributed by atoms with E-state index in [2.05, 4.69) is 208 Å². The van der Waals surface area contributed by atoms with Crippen LogP contribution in [0.25, 0.3) is 50.1 Å². The van der Waals surface area contributed by atoms with E-state index in [1.807, 2.05) is 70.6 Å². The molecule has 0 amide bonds. The van der Waals surface area contributed by atoms with Gasteiger partial charge in [-0.1, -0.05) is 143 Å². The van der Waals surface area contributed by atoms with Crippen molar-refractivity contribution in [1.29, 1.82) is 0 Å². The monoisotopic (exact) mass is 1400 g/mol. The van der Waals surface area contributed by atoms with E-state index >= 15 is 0 Å². The predicted octanol–water partition coefficient (Wildman–Crippen LogP) is 17.2. The van der Waals surface area contributed by atoms with E-state index in [0.717, 1.165) is 0 Å². The molecular weight excluding hydrogens is 1390 g/mol. The molecule has 0 N–H and O–H groups in total. The van der Waals surface area contributed by atoms with Gasteiger partial charge in [0.1, 0.15) is 0 Å². The average molecular weight is 1400 g/mol. The summed E-state index contributed by atoms with van der Waals surface area (Å²) in [5.74, 6) is 0. The van der Waals surface area contributed by atoms with Gasteiger partial charge >= 0.3 is 0 Å². The molecular formula is C36H12I6S6. The van der Waals surface area contributed by atoms with E-state index in [-0.39, 0.29) is 0 Å². The van der Waals surface area contributed by atoms with Crippen molar-refractivity contribution in [1.82, 2.24) is 0 Å². The van der Waals surface area contributed by atoms with Crippen LogP contribution in [0.3, 0.4) is 0 Å². The van der Waals surface area contributed by atoms with Gasteiger partial charge in [-0.15, -0.1) is 0 Å². The van der Waals surface area contributed by atoms with Crippen LogP contribution < -0.4 is 0 Å². The Morgan fingerprint density at radius 1 is 0.271 bits per heavy atom. The van der Waals surface area contributed by atoms with Crippen LogP contribution in [-0.2, 0) is 0 Å². The number of halogens is 6. The van der Waals surface area contributed by atoms with Gasteiger partial charge in [-0.3, -0.25) is 0 Å². The summed E-state index contributed by atoms with van der Waals surface area (Å²) in [5.41, 5.74) is 20.8. The molecule has 6 aliphatic rings. The van der Waals surface area contributed by atoms with Crippen LogP contribution in [0.4, 0.5) is 0 Å². The van der Waals surface area contributed by atoms with Gasteiger partial charge in [0.25, 0.3) is 0 Å². The first-order valence-corrected chi connectivity index (χ1v) is 25.7. The molecule has 3 heterocycles. The fraction of sp³-hybridized carbons (Fsp3) is 0. The molecule has 4 aromatic rings. The van der Waals surface area contributed by atoms with E-state index in [1.54, 1.807) is 0 Å². The summed E-state index contributed by atoms with van der Waals surface area (Å²) in [6.45, 7) is 0. The van der Waals surface area contributed by atoms with E-state index < -0.39 is 0 Å². The van der Waals surface area contributed by atoms with Crippen LogP contribution in [0.1, 0.15) is 33.4 Å². The fourth-order valence-electron chi connectivity index (χ4n) is 7.20. The van der Waals surface area contributed by atoms with Crippen molar-refractivity contribution in [2.75, 3.05) is 0 Å². The normalized spacial score (nSPS) is 18.9. The quantitative estimate of drug-likeness (QED) is 0.138. The molecule has 0 radical (unpaired) electrons. The van der Waals surface area contributed by atoms with Gasteiger partial charge in [0.05, 0.1) is 30.2 Å². The zero-order valence-electron chi connectivity index (χ0n) is 23.6. The highest BCUT2D eigenvalue weighted by Crippen LogP contribution is 2.71. The van der Waals surface area contributed by atoms with Crippen LogP contribution in [0.15, 0.2) is 103 Å². The molecule has 0 aromatic heterocycles. The molecule has 0 saturated heterocycles. The van der Waals surface area contributed by atoms with Gasteiger partial charge in [0.2, 0.25) is 0 Å².